The van der Waals surface area contributed by atoms with Gasteiger partial charge < -0.3 is 5.32 Å². The summed E-state index contributed by atoms with van der Waals surface area (Å²) in [6.45, 7) is 9.43. The molecule has 0 radical (unpaired) electrons. The molecule has 1 rings (SSSR count). The average molecular weight is 272 g/mol. The van der Waals surface area contributed by atoms with Crippen LogP contribution in [0.3, 0.4) is 0 Å². The molecule has 0 bridgehead atoms. The lowest BCUT2D eigenvalue weighted by molar-refractivity contribution is 0.377. The Morgan fingerprint density at radius 1 is 1.39 bits per heavy atom. The Labute approximate surface area is 115 Å². The number of benzene rings is 1. The number of hydrogen-bond acceptors (Lipinski definition) is 1. The van der Waals surface area contributed by atoms with E-state index in [1.165, 1.54) is 6.07 Å². The van der Waals surface area contributed by atoms with Gasteiger partial charge in [-0.25, -0.2) is 4.39 Å². The summed E-state index contributed by atoms with van der Waals surface area (Å²) in [4.78, 5) is 0. The molecule has 1 unspecified atom stereocenters. The van der Waals surface area contributed by atoms with Crippen LogP contribution in [0.2, 0.25) is 5.02 Å². The molecule has 0 spiro atoms. The van der Waals surface area contributed by atoms with E-state index in [2.05, 4.69) is 33.0 Å². The van der Waals surface area contributed by atoms with Crippen LogP contribution in [0.5, 0.6) is 0 Å². The van der Waals surface area contributed by atoms with Gasteiger partial charge in [-0.2, -0.15) is 0 Å². The molecular weight excluding hydrogens is 249 g/mol. The molecule has 102 valence electrons. The van der Waals surface area contributed by atoms with E-state index in [-0.39, 0.29) is 11.2 Å². The van der Waals surface area contributed by atoms with E-state index in [0.29, 0.717) is 11.1 Å². The van der Waals surface area contributed by atoms with Gasteiger partial charge in [0, 0.05) is 11.1 Å². The maximum Gasteiger partial charge on any atom is 0.128 e. The molecule has 0 aliphatic heterocycles. The molecule has 0 aliphatic carbocycles. The van der Waals surface area contributed by atoms with Gasteiger partial charge in [-0.3, -0.25) is 0 Å². The Hall–Kier alpha value is -0.600. The molecule has 0 fully saturated rings. The lowest BCUT2D eigenvalue weighted by Crippen LogP contribution is -2.34. The van der Waals surface area contributed by atoms with Gasteiger partial charge in [-0.05, 0) is 49.4 Å². The summed E-state index contributed by atoms with van der Waals surface area (Å²) in [7, 11) is 0. The quantitative estimate of drug-likeness (QED) is 0.801. The van der Waals surface area contributed by atoms with Gasteiger partial charge in [0.1, 0.15) is 5.82 Å². The highest BCUT2D eigenvalue weighted by atomic mass is 35.5. The molecular formula is C15H23ClFN. The molecule has 1 aromatic rings. The highest BCUT2D eigenvalue weighted by molar-refractivity contribution is 6.30. The maximum atomic E-state index is 13.9. The number of rotatable bonds is 6. The standard InChI is InChI=1S/C15H23ClFN/c1-5-8-18-11(2)10-15(3,4)13-7-6-12(16)9-14(13)17/h6-7,9,11,18H,5,8,10H2,1-4H3. The summed E-state index contributed by atoms with van der Waals surface area (Å²) in [5.74, 6) is -0.213. The van der Waals surface area contributed by atoms with Crippen molar-refractivity contribution in [2.75, 3.05) is 6.54 Å². The van der Waals surface area contributed by atoms with E-state index in [0.717, 1.165) is 24.9 Å². The van der Waals surface area contributed by atoms with Crippen molar-refractivity contribution in [3.8, 4) is 0 Å². The second-order valence-electron chi connectivity index (χ2n) is 5.57. The summed E-state index contributed by atoms with van der Waals surface area (Å²) in [5.41, 5.74) is 0.534. The SMILES string of the molecule is CCCNC(C)CC(C)(C)c1ccc(Cl)cc1F. The first-order valence-corrected chi connectivity index (χ1v) is 6.93. The summed E-state index contributed by atoms with van der Waals surface area (Å²) in [6, 6.07) is 5.31. The zero-order chi connectivity index (χ0) is 13.8. The van der Waals surface area contributed by atoms with Crippen molar-refractivity contribution in [1.82, 2.24) is 5.32 Å². The van der Waals surface area contributed by atoms with Crippen LogP contribution >= 0.6 is 11.6 Å². The third kappa shape index (κ3) is 4.25. The lowest BCUT2D eigenvalue weighted by atomic mass is 9.79. The Bertz CT molecular complexity index is 390. The van der Waals surface area contributed by atoms with Crippen molar-refractivity contribution in [2.45, 2.75) is 52.0 Å². The Balaban J connectivity index is 2.78. The summed E-state index contributed by atoms with van der Waals surface area (Å²) in [6.07, 6.45) is 2.01. The molecule has 0 saturated carbocycles. The number of hydrogen-bond donors (Lipinski definition) is 1. The van der Waals surface area contributed by atoms with Crippen LogP contribution in [0.15, 0.2) is 18.2 Å². The first kappa shape index (κ1) is 15.5. The van der Waals surface area contributed by atoms with E-state index < -0.39 is 0 Å². The molecule has 0 aromatic heterocycles. The number of halogens is 2. The monoisotopic (exact) mass is 271 g/mol. The van der Waals surface area contributed by atoms with Gasteiger partial charge >= 0.3 is 0 Å². The molecule has 1 nitrogen and oxygen atoms in total. The van der Waals surface area contributed by atoms with Gasteiger partial charge in [0.2, 0.25) is 0 Å². The molecule has 1 aromatic carbocycles. The highest BCUT2D eigenvalue weighted by Crippen LogP contribution is 2.31. The topological polar surface area (TPSA) is 12.0 Å². The molecule has 0 saturated heterocycles. The summed E-state index contributed by atoms with van der Waals surface area (Å²) in [5, 5.41) is 3.89. The largest absolute Gasteiger partial charge is 0.314 e. The van der Waals surface area contributed by atoms with Gasteiger partial charge in [-0.1, -0.05) is 38.4 Å². The zero-order valence-electron chi connectivity index (χ0n) is 11.7. The second-order valence-corrected chi connectivity index (χ2v) is 6.00. The van der Waals surface area contributed by atoms with Crippen LogP contribution < -0.4 is 5.32 Å². The van der Waals surface area contributed by atoms with Crippen LogP contribution in [0, 0.1) is 5.82 Å². The highest BCUT2D eigenvalue weighted by Gasteiger charge is 2.26. The molecule has 0 aliphatic rings. The minimum atomic E-state index is -0.213. The zero-order valence-corrected chi connectivity index (χ0v) is 12.4. The molecule has 0 amide bonds. The fourth-order valence-electron chi connectivity index (χ4n) is 2.38. The maximum absolute atomic E-state index is 13.9. The minimum absolute atomic E-state index is 0.200. The van der Waals surface area contributed by atoms with Crippen molar-refractivity contribution in [1.29, 1.82) is 0 Å². The summed E-state index contributed by atoms with van der Waals surface area (Å²) >= 11 is 5.79. The van der Waals surface area contributed by atoms with Crippen molar-refractivity contribution in [3.05, 3.63) is 34.6 Å². The van der Waals surface area contributed by atoms with E-state index in [4.69, 9.17) is 11.6 Å². The van der Waals surface area contributed by atoms with E-state index in [9.17, 15) is 4.39 Å². The van der Waals surface area contributed by atoms with Gasteiger partial charge in [0.15, 0.2) is 0 Å². The fourth-order valence-corrected chi connectivity index (χ4v) is 2.54. The second kappa shape index (κ2) is 6.53. The third-order valence-electron chi connectivity index (χ3n) is 3.22. The first-order valence-electron chi connectivity index (χ1n) is 6.55. The predicted octanol–water partition coefficient (Wildman–Crippen LogP) is 4.53. The molecule has 18 heavy (non-hydrogen) atoms. The van der Waals surface area contributed by atoms with Gasteiger partial charge in [0.05, 0.1) is 0 Å². The van der Waals surface area contributed by atoms with Gasteiger partial charge in [-0.15, -0.1) is 0 Å². The molecule has 1 atom stereocenters. The molecule has 1 N–H and O–H groups in total. The van der Waals surface area contributed by atoms with Crippen LogP contribution in [-0.4, -0.2) is 12.6 Å². The van der Waals surface area contributed by atoms with Crippen LogP contribution in [-0.2, 0) is 5.41 Å². The van der Waals surface area contributed by atoms with Crippen molar-refractivity contribution < 1.29 is 4.39 Å². The van der Waals surface area contributed by atoms with Crippen molar-refractivity contribution >= 4 is 11.6 Å². The van der Waals surface area contributed by atoms with Gasteiger partial charge in [0.25, 0.3) is 0 Å². The Morgan fingerprint density at radius 2 is 2.06 bits per heavy atom. The summed E-state index contributed by atoms with van der Waals surface area (Å²) < 4.78 is 13.9. The molecule has 0 heterocycles. The number of nitrogens with one attached hydrogen (secondary N) is 1. The normalized spacial score (nSPS) is 13.7. The Kier molecular flexibility index (Phi) is 5.61. The average Bonchev–Trinajstić information content (AvgIpc) is 2.25. The Morgan fingerprint density at radius 3 is 2.61 bits per heavy atom. The van der Waals surface area contributed by atoms with Crippen molar-refractivity contribution in [2.24, 2.45) is 0 Å². The predicted molar refractivity (Wildman–Crippen MR) is 76.8 cm³/mol. The smallest absolute Gasteiger partial charge is 0.128 e. The van der Waals surface area contributed by atoms with E-state index in [1.807, 2.05) is 0 Å². The fraction of sp³-hybridized carbons (Fsp3) is 0.600. The third-order valence-corrected chi connectivity index (χ3v) is 3.45. The lowest BCUT2D eigenvalue weighted by Gasteiger charge is -2.29. The van der Waals surface area contributed by atoms with Crippen LogP contribution in [0.4, 0.5) is 4.39 Å². The van der Waals surface area contributed by atoms with E-state index >= 15 is 0 Å². The van der Waals surface area contributed by atoms with Crippen LogP contribution in [0.25, 0.3) is 0 Å². The van der Waals surface area contributed by atoms with E-state index in [1.54, 1.807) is 12.1 Å². The first-order chi connectivity index (χ1) is 8.36. The molecule has 3 heteroatoms. The van der Waals surface area contributed by atoms with Crippen molar-refractivity contribution in [3.63, 3.8) is 0 Å². The van der Waals surface area contributed by atoms with Crippen LogP contribution in [0.1, 0.15) is 46.1 Å². The minimum Gasteiger partial charge on any atom is -0.314 e.